The zero-order valence-corrected chi connectivity index (χ0v) is 9.26. The molecular formula is C6H11N3O2S2. The highest BCUT2D eigenvalue weighted by molar-refractivity contribution is 7.99. The summed E-state index contributed by atoms with van der Waals surface area (Å²) in [5.41, 5.74) is 0. The number of rotatable bonds is 3. The molecule has 1 heterocycles. The summed E-state index contributed by atoms with van der Waals surface area (Å²) in [6, 6.07) is 0. The molecule has 0 fully saturated rings. The van der Waals surface area contributed by atoms with E-state index >= 15 is 0 Å². The molecule has 0 radical (unpaired) electrons. The molecule has 7 heteroatoms. The average Bonchev–Trinajstić information content (AvgIpc) is 2.51. The zero-order valence-electron chi connectivity index (χ0n) is 7.63. The van der Waals surface area contributed by atoms with Gasteiger partial charge in [0.1, 0.15) is 0 Å². The average molecular weight is 221 g/mol. The Morgan fingerprint density at radius 3 is 2.62 bits per heavy atom. The van der Waals surface area contributed by atoms with E-state index in [9.17, 15) is 8.42 Å². The molecule has 0 unspecified atom stereocenters. The Balaban J connectivity index is 3.22. The van der Waals surface area contributed by atoms with E-state index in [0.717, 1.165) is 8.28 Å². The van der Waals surface area contributed by atoms with E-state index in [-0.39, 0.29) is 0 Å². The minimum atomic E-state index is -3.41. The monoisotopic (exact) mass is 221 g/mol. The lowest BCUT2D eigenvalue weighted by Crippen LogP contribution is -2.28. The van der Waals surface area contributed by atoms with Crippen LogP contribution in [0, 0.1) is 0 Å². The summed E-state index contributed by atoms with van der Waals surface area (Å²) in [6.45, 7) is 0. The molecule has 0 spiro atoms. The Morgan fingerprint density at radius 1 is 1.54 bits per heavy atom. The van der Waals surface area contributed by atoms with Gasteiger partial charge in [0.05, 0.1) is 0 Å². The standard InChI is InChI=1S/C6H11N3O2S2/c1-8(2)13(10,11)9-5-4-7-6(9)12-3/h4-5H,1-3H3. The molecule has 0 N–H and O–H groups in total. The number of imidazole rings is 1. The second-order valence-electron chi connectivity index (χ2n) is 2.50. The molecule has 0 atom stereocenters. The Labute approximate surface area is 81.9 Å². The molecule has 0 bridgehead atoms. The van der Waals surface area contributed by atoms with Crippen molar-refractivity contribution in [2.24, 2.45) is 0 Å². The fourth-order valence-corrected chi connectivity index (χ4v) is 2.49. The second kappa shape index (κ2) is 3.69. The lowest BCUT2D eigenvalue weighted by atomic mass is 11.0. The molecule has 0 aliphatic heterocycles. The van der Waals surface area contributed by atoms with E-state index in [4.69, 9.17) is 0 Å². The summed E-state index contributed by atoms with van der Waals surface area (Å²) in [5, 5.41) is 0.466. The van der Waals surface area contributed by atoms with Gasteiger partial charge in [-0.05, 0) is 6.26 Å². The van der Waals surface area contributed by atoms with Crippen LogP contribution >= 0.6 is 11.8 Å². The Bertz CT molecular complexity index is 382. The van der Waals surface area contributed by atoms with Gasteiger partial charge in [-0.2, -0.15) is 12.7 Å². The van der Waals surface area contributed by atoms with Crippen molar-refractivity contribution in [3.05, 3.63) is 12.4 Å². The van der Waals surface area contributed by atoms with E-state index in [1.54, 1.807) is 6.26 Å². The third-order valence-corrected chi connectivity index (χ3v) is 3.97. The zero-order chi connectivity index (χ0) is 10.1. The summed E-state index contributed by atoms with van der Waals surface area (Å²) in [4.78, 5) is 3.90. The third-order valence-electron chi connectivity index (χ3n) is 1.47. The number of thioether (sulfide) groups is 1. The smallest absolute Gasteiger partial charge is 0.230 e. The van der Waals surface area contributed by atoms with Crippen molar-refractivity contribution < 1.29 is 8.42 Å². The van der Waals surface area contributed by atoms with Crippen molar-refractivity contribution in [1.82, 2.24) is 13.3 Å². The van der Waals surface area contributed by atoms with Gasteiger partial charge in [0, 0.05) is 26.5 Å². The van der Waals surface area contributed by atoms with Crippen LogP contribution in [0.2, 0.25) is 0 Å². The van der Waals surface area contributed by atoms with Gasteiger partial charge >= 0.3 is 10.2 Å². The molecule has 1 rings (SSSR count). The normalized spacial score (nSPS) is 12.3. The van der Waals surface area contributed by atoms with Crippen LogP contribution in [-0.2, 0) is 10.2 Å². The third kappa shape index (κ3) is 1.87. The minimum Gasteiger partial charge on any atom is -0.230 e. The summed E-state index contributed by atoms with van der Waals surface area (Å²) < 4.78 is 25.5. The number of nitrogens with zero attached hydrogens (tertiary/aromatic N) is 3. The molecule has 0 amide bonds. The first kappa shape index (κ1) is 10.6. The van der Waals surface area contributed by atoms with E-state index < -0.39 is 10.2 Å². The topological polar surface area (TPSA) is 55.2 Å². The molecule has 13 heavy (non-hydrogen) atoms. The second-order valence-corrected chi connectivity index (χ2v) is 5.29. The van der Waals surface area contributed by atoms with Crippen LogP contribution in [0.15, 0.2) is 17.6 Å². The SMILES string of the molecule is CSc1nccn1S(=O)(=O)N(C)C. The summed E-state index contributed by atoms with van der Waals surface area (Å²) in [5.74, 6) is 0. The van der Waals surface area contributed by atoms with E-state index in [2.05, 4.69) is 4.98 Å². The van der Waals surface area contributed by atoms with Crippen LogP contribution in [-0.4, -0.2) is 42.0 Å². The van der Waals surface area contributed by atoms with Crippen LogP contribution in [0.25, 0.3) is 0 Å². The molecule has 0 aliphatic carbocycles. The highest BCUT2D eigenvalue weighted by atomic mass is 32.2. The lowest BCUT2D eigenvalue weighted by molar-refractivity contribution is 0.506. The summed E-state index contributed by atoms with van der Waals surface area (Å²) in [7, 11) is -0.439. The Kier molecular flexibility index (Phi) is 2.99. The Hall–Kier alpha value is -0.530. The van der Waals surface area contributed by atoms with E-state index in [0.29, 0.717) is 5.16 Å². The van der Waals surface area contributed by atoms with Crippen LogP contribution in [0.4, 0.5) is 0 Å². The fraction of sp³-hybridized carbons (Fsp3) is 0.500. The van der Waals surface area contributed by atoms with Gasteiger partial charge in [-0.1, -0.05) is 11.8 Å². The number of hydrogen-bond donors (Lipinski definition) is 0. The van der Waals surface area contributed by atoms with Gasteiger partial charge in [0.2, 0.25) is 0 Å². The molecule has 0 aliphatic rings. The maximum atomic E-state index is 11.6. The maximum absolute atomic E-state index is 11.6. The quantitative estimate of drug-likeness (QED) is 0.687. The summed E-state index contributed by atoms with van der Waals surface area (Å²) in [6.07, 6.45) is 4.68. The van der Waals surface area contributed by atoms with Gasteiger partial charge < -0.3 is 0 Å². The van der Waals surface area contributed by atoms with E-state index in [1.807, 2.05) is 0 Å². The first-order chi connectivity index (χ1) is 6.00. The first-order valence-corrected chi connectivity index (χ1v) is 6.12. The lowest BCUT2D eigenvalue weighted by Gasteiger charge is -2.12. The largest absolute Gasteiger partial charge is 0.309 e. The predicted octanol–water partition coefficient (Wildman–Crippen LogP) is 0.260. The number of hydrogen-bond acceptors (Lipinski definition) is 4. The van der Waals surface area contributed by atoms with Crippen LogP contribution in [0.1, 0.15) is 0 Å². The number of aromatic nitrogens is 2. The molecule has 0 saturated carbocycles. The molecule has 0 aromatic carbocycles. The predicted molar refractivity (Wildman–Crippen MR) is 52.0 cm³/mol. The van der Waals surface area contributed by atoms with Crippen molar-refractivity contribution in [3.8, 4) is 0 Å². The summed E-state index contributed by atoms with van der Waals surface area (Å²) >= 11 is 1.29. The van der Waals surface area contributed by atoms with Gasteiger partial charge in [-0.25, -0.2) is 8.96 Å². The van der Waals surface area contributed by atoms with Crippen LogP contribution < -0.4 is 0 Å². The van der Waals surface area contributed by atoms with Crippen LogP contribution in [0.5, 0.6) is 0 Å². The van der Waals surface area contributed by atoms with Gasteiger partial charge in [-0.3, -0.25) is 0 Å². The van der Waals surface area contributed by atoms with Gasteiger partial charge in [-0.15, -0.1) is 0 Å². The molecule has 5 nitrogen and oxygen atoms in total. The molecular weight excluding hydrogens is 210 g/mol. The van der Waals surface area contributed by atoms with Crippen molar-refractivity contribution in [1.29, 1.82) is 0 Å². The van der Waals surface area contributed by atoms with E-state index in [1.165, 1.54) is 38.3 Å². The van der Waals surface area contributed by atoms with Crippen molar-refractivity contribution >= 4 is 22.0 Å². The Morgan fingerprint density at radius 2 is 2.15 bits per heavy atom. The molecule has 1 aromatic rings. The van der Waals surface area contributed by atoms with Crippen molar-refractivity contribution in [2.45, 2.75) is 5.16 Å². The highest BCUT2D eigenvalue weighted by Crippen LogP contribution is 2.14. The van der Waals surface area contributed by atoms with Crippen LogP contribution in [0.3, 0.4) is 0 Å². The molecule has 74 valence electrons. The molecule has 0 saturated heterocycles. The van der Waals surface area contributed by atoms with Gasteiger partial charge in [0.25, 0.3) is 0 Å². The van der Waals surface area contributed by atoms with Crippen molar-refractivity contribution in [2.75, 3.05) is 20.4 Å². The maximum Gasteiger partial charge on any atom is 0.309 e. The van der Waals surface area contributed by atoms with Gasteiger partial charge in [0.15, 0.2) is 5.16 Å². The highest BCUT2D eigenvalue weighted by Gasteiger charge is 2.18. The first-order valence-electron chi connectivity index (χ1n) is 3.50. The minimum absolute atomic E-state index is 0.466. The fourth-order valence-electron chi connectivity index (χ4n) is 0.773. The van der Waals surface area contributed by atoms with Crippen molar-refractivity contribution in [3.63, 3.8) is 0 Å². The molecule has 1 aromatic heterocycles.